The number of rotatable bonds is 7. The van der Waals surface area contributed by atoms with Crippen LogP contribution in [0.5, 0.6) is 0 Å². The maximum Gasteiger partial charge on any atom is 0.194 e. The number of furan rings is 1. The van der Waals surface area contributed by atoms with Gasteiger partial charge in [-0.2, -0.15) is 0 Å². The van der Waals surface area contributed by atoms with E-state index < -0.39 is 0 Å². The zero-order chi connectivity index (χ0) is 18.2. The zero-order valence-electron chi connectivity index (χ0n) is 15.6. The van der Waals surface area contributed by atoms with Gasteiger partial charge in [-0.05, 0) is 42.7 Å². The molecule has 2 aromatic rings. The maximum absolute atomic E-state index is 13.1. The predicted molar refractivity (Wildman–Crippen MR) is 115 cm³/mol. The van der Waals surface area contributed by atoms with Crippen LogP contribution in [-0.2, 0) is 17.7 Å². The molecule has 1 atom stereocenters. The first-order valence-electron chi connectivity index (χ1n) is 9.08. The predicted octanol–water partition coefficient (Wildman–Crippen LogP) is 3.84. The van der Waals surface area contributed by atoms with Gasteiger partial charge in [0.15, 0.2) is 5.96 Å². The number of hydrogen-bond acceptors (Lipinski definition) is 3. The number of benzene rings is 1. The van der Waals surface area contributed by atoms with Crippen molar-refractivity contribution < 1.29 is 13.5 Å². The second-order valence-electron chi connectivity index (χ2n) is 6.54. The molecule has 1 aromatic heterocycles. The summed E-state index contributed by atoms with van der Waals surface area (Å²) in [4.78, 5) is 6.79. The molecule has 1 N–H and O–H groups in total. The molecule has 1 aromatic carbocycles. The molecule has 7 heteroatoms. The van der Waals surface area contributed by atoms with Crippen LogP contribution in [0.4, 0.5) is 4.39 Å². The fourth-order valence-electron chi connectivity index (χ4n) is 2.98. The average Bonchev–Trinajstić information content (AvgIpc) is 3.33. The Morgan fingerprint density at radius 3 is 2.78 bits per heavy atom. The van der Waals surface area contributed by atoms with E-state index in [9.17, 15) is 4.39 Å². The van der Waals surface area contributed by atoms with Crippen molar-refractivity contribution >= 4 is 29.9 Å². The van der Waals surface area contributed by atoms with Crippen molar-refractivity contribution in [1.29, 1.82) is 0 Å². The van der Waals surface area contributed by atoms with E-state index in [2.05, 4.69) is 5.32 Å². The summed E-state index contributed by atoms with van der Waals surface area (Å²) in [6.45, 7) is 2.85. The van der Waals surface area contributed by atoms with Gasteiger partial charge in [-0.1, -0.05) is 12.1 Å². The van der Waals surface area contributed by atoms with Crippen LogP contribution in [0.3, 0.4) is 0 Å². The molecular formula is C20H27FIN3O2. The van der Waals surface area contributed by atoms with Crippen molar-refractivity contribution in [1.82, 2.24) is 10.2 Å². The van der Waals surface area contributed by atoms with Gasteiger partial charge in [0, 0.05) is 33.2 Å². The van der Waals surface area contributed by atoms with Crippen molar-refractivity contribution in [2.45, 2.75) is 31.9 Å². The molecule has 2 heterocycles. The first kappa shape index (κ1) is 21.7. The van der Waals surface area contributed by atoms with Gasteiger partial charge >= 0.3 is 0 Å². The Bertz CT molecular complexity index is 686. The van der Waals surface area contributed by atoms with E-state index >= 15 is 0 Å². The summed E-state index contributed by atoms with van der Waals surface area (Å²) in [5, 5.41) is 3.40. The van der Waals surface area contributed by atoms with Crippen LogP contribution in [0.1, 0.15) is 24.2 Å². The molecule has 27 heavy (non-hydrogen) atoms. The molecule has 1 aliphatic rings. The maximum atomic E-state index is 13.1. The third kappa shape index (κ3) is 7.14. The van der Waals surface area contributed by atoms with E-state index in [1.807, 2.05) is 24.1 Å². The van der Waals surface area contributed by atoms with Crippen molar-refractivity contribution in [3.63, 3.8) is 0 Å². The van der Waals surface area contributed by atoms with E-state index in [0.717, 1.165) is 49.7 Å². The van der Waals surface area contributed by atoms with E-state index in [-0.39, 0.29) is 35.9 Å². The lowest BCUT2D eigenvalue weighted by Crippen LogP contribution is -2.40. The van der Waals surface area contributed by atoms with Crippen molar-refractivity contribution in [2.75, 3.05) is 26.7 Å². The van der Waals surface area contributed by atoms with Crippen molar-refractivity contribution in [3.05, 3.63) is 59.8 Å². The second-order valence-corrected chi connectivity index (χ2v) is 6.54. The Kier molecular flexibility index (Phi) is 9.06. The molecular weight excluding hydrogens is 460 g/mol. The SMILES string of the molecule is CN(Cc1ccc(F)cc1)C(=NCC1CCCO1)NCCc1ccco1.I. The third-order valence-electron chi connectivity index (χ3n) is 4.40. The standard InChI is InChI=1S/C20H26FN3O2.HI/c1-24(15-16-6-8-17(21)9-7-16)20(23-14-19-5-3-13-26-19)22-11-10-18-4-2-12-25-18;/h2,4,6-9,12,19H,3,5,10-11,13-15H2,1H3,(H,22,23);1H. The van der Waals surface area contributed by atoms with Gasteiger partial charge in [0.2, 0.25) is 0 Å². The average molecular weight is 487 g/mol. The van der Waals surface area contributed by atoms with Crippen molar-refractivity contribution in [2.24, 2.45) is 4.99 Å². The molecule has 1 unspecified atom stereocenters. The molecule has 1 fully saturated rings. The summed E-state index contributed by atoms with van der Waals surface area (Å²) >= 11 is 0. The molecule has 148 valence electrons. The molecule has 0 bridgehead atoms. The molecule has 0 saturated carbocycles. The van der Waals surface area contributed by atoms with Crippen LogP contribution in [0.2, 0.25) is 0 Å². The highest BCUT2D eigenvalue weighted by Crippen LogP contribution is 2.12. The van der Waals surface area contributed by atoms with Crippen LogP contribution in [0, 0.1) is 5.82 Å². The van der Waals surface area contributed by atoms with Crippen molar-refractivity contribution in [3.8, 4) is 0 Å². The van der Waals surface area contributed by atoms with Crippen LogP contribution in [0.25, 0.3) is 0 Å². The van der Waals surface area contributed by atoms with E-state index in [4.69, 9.17) is 14.1 Å². The summed E-state index contributed by atoms with van der Waals surface area (Å²) in [6, 6.07) is 10.4. The highest BCUT2D eigenvalue weighted by Gasteiger charge is 2.16. The fraction of sp³-hybridized carbons (Fsp3) is 0.450. The van der Waals surface area contributed by atoms with Gasteiger partial charge < -0.3 is 19.4 Å². The number of ether oxygens (including phenoxy) is 1. The number of guanidine groups is 1. The summed E-state index contributed by atoms with van der Waals surface area (Å²) < 4.78 is 24.1. The molecule has 1 aliphatic heterocycles. The molecule has 1 saturated heterocycles. The van der Waals surface area contributed by atoms with Gasteiger partial charge in [0.1, 0.15) is 11.6 Å². The van der Waals surface area contributed by atoms with Crippen LogP contribution in [0.15, 0.2) is 52.1 Å². The summed E-state index contributed by atoms with van der Waals surface area (Å²) in [7, 11) is 1.98. The molecule has 0 spiro atoms. The topological polar surface area (TPSA) is 50.0 Å². The number of nitrogens with one attached hydrogen (secondary N) is 1. The number of nitrogens with zero attached hydrogens (tertiary/aromatic N) is 2. The normalized spacial score (nSPS) is 16.8. The van der Waals surface area contributed by atoms with Gasteiger partial charge in [-0.15, -0.1) is 24.0 Å². The Morgan fingerprint density at radius 1 is 1.30 bits per heavy atom. The molecule has 3 rings (SSSR count). The first-order chi connectivity index (χ1) is 12.7. The zero-order valence-corrected chi connectivity index (χ0v) is 17.9. The van der Waals surface area contributed by atoms with Crippen LogP contribution in [-0.4, -0.2) is 43.7 Å². The Balaban J connectivity index is 0.00000261. The van der Waals surface area contributed by atoms with E-state index in [0.29, 0.717) is 13.1 Å². The molecule has 0 radical (unpaired) electrons. The Hall–Kier alpha value is -1.61. The number of hydrogen-bond donors (Lipinski definition) is 1. The van der Waals surface area contributed by atoms with Crippen LogP contribution < -0.4 is 5.32 Å². The summed E-state index contributed by atoms with van der Waals surface area (Å²) in [6.07, 6.45) is 4.84. The highest BCUT2D eigenvalue weighted by atomic mass is 127. The third-order valence-corrected chi connectivity index (χ3v) is 4.40. The molecule has 5 nitrogen and oxygen atoms in total. The monoisotopic (exact) mass is 487 g/mol. The first-order valence-corrected chi connectivity index (χ1v) is 9.08. The highest BCUT2D eigenvalue weighted by molar-refractivity contribution is 14.0. The minimum absolute atomic E-state index is 0. The lowest BCUT2D eigenvalue weighted by molar-refractivity contribution is 0.117. The minimum atomic E-state index is -0.222. The summed E-state index contributed by atoms with van der Waals surface area (Å²) in [5.74, 6) is 1.54. The number of halogens is 2. The molecule has 0 amide bonds. The Morgan fingerprint density at radius 2 is 2.11 bits per heavy atom. The van der Waals surface area contributed by atoms with E-state index in [1.54, 1.807) is 18.4 Å². The van der Waals surface area contributed by atoms with Crippen LogP contribution >= 0.6 is 24.0 Å². The minimum Gasteiger partial charge on any atom is -0.469 e. The largest absolute Gasteiger partial charge is 0.469 e. The van der Waals surface area contributed by atoms with Gasteiger partial charge in [-0.3, -0.25) is 4.99 Å². The number of aliphatic imine (C=N–C) groups is 1. The lowest BCUT2D eigenvalue weighted by atomic mass is 10.2. The lowest BCUT2D eigenvalue weighted by Gasteiger charge is -2.23. The fourth-order valence-corrected chi connectivity index (χ4v) is 2.98. The summed E-state index contributed by atoms with van der Waals surface area (Å²) in [5.41, 5.74) is 1.03. The Labute approximate surface area is 177 Å². The molecule has 0 aliphatic carbocycles. The smallest absolute Gasteiger partial charge is 0.194 e. The van der Waals surface area contributed by atoms with Gasteiger partial charge in [0.05, 0.1) is 18.9 Å². The second kappa shape index (κ2) is 11.3. The van der Waals surface area contributed by atoms with E-state index in [1.165, 1.54) is 12.1 Å². The van der Waals surface area contributed by atoms with Gasteiger partial charge in [-0.25, -0.2) is 4.39 Å². The van der Waals surface area contributed by atoms with Gasteiger partial charge in [0.25, 0.3) is 0 Å². The quantitative estimate of drug-likeness (QED) is 0.367.